The molecule has 1 amide bonds. The van der Waals surface area contributed by atoms with Gasteiger partial charge < -0.3 is 24.4 Å². The molecule has 2 heterocycles. The monoisotopic (exact) mass is 385 g/mol. The molecule has 0 saturated carbocycles. The molecule has 1 fully saturated rings. The molecule has 0 aliphatic carbocycles. The summed E-state index contributed by atoms with van der Waals surface area (Å²) in [6.07, 6.45) is 2.17. The Bertz CT molecular complexity index is 800. The summed E-state index contributed by atoms with van der Waals surface area (Å²) in [5.41, 5.74) is 1.39. The summed E-state index contributed by atoms with van der Waals surface area (Å²) in [6.45, 7) is 6.17. The number of carbonyl (C=O) groups is 1. The average Bonchev–Trinajstić information content (AvgIpc) is 2.71. The first kappa shape index (κ1) is 19.9. The third kappa shape index (κ3) is 4.72. The third-order valence-electron chi connectivity index (χ3n) is 4.66. The van der Waals surface area contributed by atoms with Crippen LogP contribution in [0.1, 0.15) is 29.8 Å². The van der Waals surface area contributed by atoms with E-state index in [1.54, 1.807) is 31.5 Å². The van der Waals surface area contributed by atoms with Gasteiger partial charge in [0.15, 0.2) is 0 Å². The summed E-state index contributed by atoms with van der Waals surface area (Å²) in [5, 5.41) is 2.91. The number of hydrogen-bond donors (Lipinski definition) is 1. The predicted molar refractivity (Wildman–Crippen MR) is 107 cm³/mol. The number of morpholine rings is 1. The van der Waals surface area contributed by atoms with E-state index in [-0.39, 0.29) is 18.1 Å². The van der Waals surface area contributed by atoms with Crippen LogP contribution in [0.2, 0.25) is 0 Å². The average molecular weight is 385 g/mol. The lowest BCUT2D eigenvalue weighted by Crippen LogP contribution is -2.45. The van der Waals surface area contributed by atoms with E-state index >= 15 is 0 Å². The van der Waals surface area contributed by atoms with Crippen LogP contribution in [0.5, 0.6) is 11.5 Å². The topological polar surface area (TPSA) is 72.9 Å². The van der Waals surface area contributed by atoms with Crippen molar-refractivity contribution in [2.24, 2.45) is 0 Å². The normalized spacial score (nSPS) is 19.2. The van der Waals surface area contributed by atoms with Crippen LogP contribution < -0.4 is 19.7 Å². The summed E-state index contributed by atoms with van der Waals surface area (Å²) in [6, 6.07) is 9.08. The van der Waals surface area contributed by atoms with Crippen molar-refractivity contribution in [2.75, 3.05) is 32.2 Å². The van der Waals surface area contributed by atoms with E-state index in [9.17, 15) is 4.79 Å². The highest BCUT2D eigenvalue weighted by molar-refractivity contribution is 5.97. The van der Waals surface area contributed by atoms with Gasteiger partial charge >= 0.3 is 0 Å². The van der Waals surface area contributed by atoms with Gasteiger partial charge in [-0.15, -0.1) is 0 Å². The highest BCUT2D eigenvalue weighted by Crippen LogP contribution is 2.24. The van der Waals surface area contributed by atoms with Gasteiger partial charge in [0.05, 0.1) is 32.0 Å². The summed E-state index contributed by atoms with van der Waals surface area (Å²) in [4.78, 5) is 19.3. The van der Waals surface area contributed by atoms with E-state index in [1.807, 2.05) is 12.1 Å². The zero-order valence-corrected chi connectivity index (χ0v) is 16.8. The molecule has 0 bridgehead atoms. The van der Waals surface area contributed by atoms with Crippen molar-refractivity contribution < 1.29 is 19.0 Å². The zero-order chi connectivity index (χ0) is 20.1. The Morgan fingerprint density at radius 2 is 1.93 bits per heavy atom. The van der Waals surface area contributed by atoms with E-state index in [4.69, 9.17) is 14.2 Å². The van der Waals surface area contributed by atoms with E-state index in [0.29, 0.717) is 23.6 Å². The lowest BCUT2D eigenvalue weighted by atomic mass is 10.1. The quantitative estimate of drug-likeness (QED) is 0.824. The molecule has 1 N–H and O–H groups in total. The molecule has 0 spiro atoms. The molecular formula is C21H27N3O4. The third-order valence-corrected chi connectivity index (χ3v) is 4.66. The number of benzene rings is 1. The molecule has 2 aromatic rings. The van der Waals surface area contributed by atoms with Gasteiger partial charge in [0, 0.05) is 31.9 Å². The van der Waals surface area contributed by atoms with Gasteiger partial charge in [-0.2, -0.15) is 0 Å². The number of aromatic nitrogens is 1. The van der Waals surface area contributed by atoms with Gasteiger partial charge in [-0.3, -0.25) is 4.79 Å². The Labute approximate surface area is 165 Å². The fourth-order valence-electron chi connectivity index (χ4n) is 3.34. The number of nitrogens with zero attached hydrogens (tertiary/aromatic N) is 2. The molecule has 150 valence electrons. The maximum atomic E-state index is 12.5. The van der Waals surface area contributed by atoms with Crippen LogP contribution in [0.3, 0.4) is 0 Å². The van der Waals surface area contributed by atoms with Crippen molar-refractivity contribution in [3.8, 4) is 11.5 Å². The lowest BCUT2D eigenvalue weighted by molar-refractivity contribution is -0.00546. The number of methoxy groups -OCH3 is 2. The number of anilines is 1. The van der Waals surface area contributed by atoms with Gasteiger partial charge in [-0.05, 0) is 37.6 Å². The molecular weight excluding hydrogens is 358 g/mol. The van der Waals surface area contributed by atoms with Crippen LogP contribution >= 0.6 is 0 Å². The van der Waals surface area contributed by atoms with Crippen molar-refractivity contribution in [1.29, 1.82) is 0 Å². The highest BCUT2D eigenvalue weighted by Gasteiger charge is 2.23. The van der Waals surface area contributed by atoms with E-state index in [0.717, 1.165) is 24.5 Å². The Balaban J connectivity index is 1.61. The van der Waals surface area contributed by atoms with Crippen molar-refractivity contribution in [3.63, 3.8) is 0 Å². The second-order valence-electron chi connectivity index (χ2n) is 6.94. The van der Waals surface area contributed by atoms with Crippen LogP contribution in [-0.4, -0.2) is 50.4 Å². The maximum absolute atomic E-state index is 12.5. The molecule has 0 radical (unpaired) electrons. The molecule has 2 atom stereocenters. The van der Waals surface area contributed by atoms with Gasteiger partial charge in [-0.1, -0.05) is 6.07 Å². The molecule has 2 unspecified atom stereocenters. The minimum Gasteiger partial charge on any atom is -0.497 e. The highest BCUT2D eigenvalue weighted by atomic mass is 16.5. The van der Waals surface area contributed by atoms with Crippen molar-refractivity contribution in [2.45, 2.75) is 32.6 Å². The molecule has 1 aromatic carbocycles. The first-order valence-corrected chi connectivity index (χ1v) is 9.35. The second kappa shape index (κ2) is 8.93. The summed E-state index contributed by atoms with van der Waals surface area (Å²) in [5.74, 6) is 1.83. The Morgan fingerprint density at radius 1 is 1.18 bits per heavy atom. The van der Waals surface area contributed by atoms with Crippen LogP contribution in [-0.2, 0) is 11.3 Å². The van der Waals surface area contributed by atoms with Crippen LogP contribution in [0, 0.1) is 0 Å². The Hall–Kier alpha value is -2.80. The first-order valence-electron chi connectivity index (χ1n) is 9.35. The number of ether oxygens (including phenoxy) is 3. The number of amides is 1. The second-order valence-corrected chi connectivity index (χ2v) is 6.94. The molecule has 1 aromatic heterocycles. The predicted octanol–water partition coefficient (Wildman–Crippen LogP) is 2.64. The SMILES string of the molecule is COc1ccc(C(=O)NCc2ccc(N3CC(C)OC(C)C3)nc2)c(OC)c1. The lowest BCUT2D eigenvalue weighted by Gasteiger charge is -2.36. The van der Waals surface area contributed by atoms with E-state index in [2.05, 4.69) is 29.0 Å². The first-order chi connectivity index (χ1) is 13.5. The molecule has 7 heteroatoms. The summed E-state index contributed by atoms with van der Waals surface area (Å²) < 4.78 is 16.2. The van der Waals surface area contributed by atoms with Gasteiger partial charge in [0.25, 0.3) is 5.91 Å². The molecule has 28 heavy (non-hydrogen) atoms. The molecule has 1 aliphatic rings. The number of rotatable bonds is 6. The maximum Gasteiger partial charge on any atom is 0.255 e. The number of carbonyl (C=O) groups excluding carboxylic acids is 1. The smallest absolute Gasteiger partial charge is 0.255 e. The van der Waals surface area contributed by atoms with E-state index in [1.165, 1.54) is 7.11 Å². The minimum absolute atomic E-state index is 0.184. The fraction of sp³-hybridized carbons (Fsp3) is 0.429. The fourth-order valence-corrected chi connectivity index (χ4v) is 3.34. The largest absolute Gasteiger partial charge is 0.497 e. The Kier molecular flexibility index (Phi) is 6.36. The van der Waals surface area contributed by atoms with E-state index < -0.39 is 0 Å². The molecule has 1 saturated heterocycles. The van der Waals surface area contributed by atoms with Crippen molar-refractivity contribution >= 4 is 11.7 Å². The van der Waals surface area contributed by atoms with Crippen LogP contribution in [0.15, 0.2) is 36.5 Å². The Morgan fingerprint density at radius 3 is 2.54 bits per heavy atom. The van der Waals surface area contributed by atoms with Crippen molar-refractivity contribution in [1.82, 2.24) is 10.3 Å². The number of hydrogen-bond acceptors (Lipinski definition) is 6. The van der Waals surface area contributed by atoms with Crippen LogP contribution in [0.25, 0.3) is 0 Å². The van der Waals surface area contributed by atoms with Gasteiger partial charge in [0.2, 0.25) is 0 Å². The molecule has 1 aliphatic heterocycles. The summed E-state index contributed by atoms with van der Waals surface area (Å²) >= 11 is 0. The van der Waals surface area contributed by atoms with Crippen LogP contribution in [0.4, 0.5) is 5.82 Å². The molecule has 3 rings (SSSR count). The number of nitrogens with one attached hydrogen (secondary N) is 1. The molecule has 7 nitrogen and oxygen atoms in total. The van der Waals surface area contributed by atoms with Gasteiger partial charge in [0.1, 0.15) is 17.3 Å². The number of pyridine rings is 1. The van der Waals surface area contributed by atoms with Crippen molar-refractivity contribution in [3.05, 3.63) is 47.7 Å². The summed E-state index contributed by atoms with van der Waals surface area (Å²) in [7, 11) is 3.10. The minimum atomic E-state index is -0.209. The van der Waals surface area contributed by atoms with Gasteiger partial charge in [-0.25, -0.2) is 4.98 Å². The standard InChI is InChI=1S/C21H27N3O4/c1-14-12-24(13-15(2)28-14)20-8-5-16(10-22-20)11-23-21(25)18-7-6-17(26-3)9-19(18)27-4/h5-10,14-15H,11-13H2,1-4H3,(H,23,25). The zero-order valence-electron chi connectivity index (χ0n) is 16.8.